The summed E-state index contributed by atoms with van der Waals surface area (Å²) in [6.45, 7) is 1.34. The van der Waals surface area contributed by atoms with E-state index in [-0.39, 0.29) is 52.4 Å². The highest BCUT2D eigenvalue weighted by Gasteiger charge is 2.24. The zero-order valence-electron chi connectivity index (χ0n) is 22.6. The molecule has 0 aliphatic heterocycles. The Labute approximate surface area is 241 Å². The molecule has 0 unspecified atom stereocenters. The Morgan fingerprint density at radius 2 is 1.62 bits per heavy atom. The number of aryl methyl sites for hydroxylation is 1. The van der Waals surface area contributed by atoms with Gasteiger partial charge in [-0.2, -0.15) is 0 Å². The number of rotatable bonds is 12. The van der Waals surface area contributed by atoms with Gasteiger partial charge in [-0.1, -0.05) is 35.9 Å². The molecule has 0 bridgehead atoms. The van der Waals surface area contributed by atoms with Gasteiger partial charge in [0.15, 0.2) is 23.0 Å². The third-order valence-corrected chi connectivity index (χ3v) is 7.01. The van der Waals surface area contributed by atoms with Crippen molar-refractivity contribution in [3.63, 3.8) is 0 Å². The number of anilines is 2. The number of carbonyl (C=O) groups is 2. The topological polar surface area (TPSA) is 162 Å². The molecule has 0 saturated carbocycles. The molecule has 12 nitrogen and oxygen atoms in total. The number of para-hydroxylation sites is 2. The van der Waals surface area contributed by atoms with Crippen molar-refractivity contribution in [2.24, 2.45) is 0 Å². The van der Waals surface area contributed by atoms with Crippen LogP contribution < -0.4 is 24.2 Å². The summed E-state index contributed by atoms with van der Waals surface area (Å²) in [5.74, 6) is -0.794. The van der Waals surface area contributed by atoms with Crippen LogP contribution in [0.1, 0.15) is 15.9 Å². The first-order valence-corrected chi connectivity index (χ1v) is 13.9. The minimum absolute atomic E-state index is 0.0492. The van der Waals surface area contributed by atoms with Gasteiger partial charge in [0.1, 0.15) is 19.0 Å². The average molecular weight is 594 g/mol. The van der Waals surface area contributed by atoms with Gasteiger partial charge in [0.05, 0.1) is 23.3 Å². The molecular weight excluding hydrogens is 566 g/mol. The maximum absolute atomic E-state index is 13.3. The number of hydrogen-bond acceptors (Lipinski definition) is 9. The number of benzene rings is 3. The van der Waals surface area contributed by atoms with E-state index in [1.54, 1.807) is 54.6 Å². The van der Waals surface area contributed by atoms with Crippen LogP contribution in [0.3, 0.4) is 0 Å². The number of nitrogens with one attached hydrogen (secondary N) is 2. The lowest BCUT2D eigenvalue weighted by molar-refractivity contribution is 0.0696. The van der Waals surface area contributed by atoms with Crippen LogP contribution in [-0.2, 0) is 14.8 Å². The third-order valence-electron chi connectivity index (χ3n) is 5.63. The maximum Gasteiger partial charge on any atom is 0.412 e. The van der Waals surface area contributed by atoms with Gasteiger partial charge in [-0.3, -0.25) is 10.0 Å². The van der Waals surface area contributed by atoms with Crippen molar-refractivity contribution in [3.8, 4) is 23.0 Å². The van der Waals surface area contributed by atoms with Gasteiger partial charge in [0.25, 0.3) is 10.0 Å². The molecule has 0 saturated heterocycles. The summed E-state index contributed by atoms with van der Waals surface area (Å²) in [5.41, 5.74) is 0.367. The SMILES string of the molecule is COc1ccccc1Oc1c(NS(=O)(=O)c2ccc(C)cc2)cc(C(=O)O)cc1OCCOC(=O)Nc1ccccn1. The number of pyridine rings is 1. The molecule has 0 spiro atoms. The summed E-state index contributed by atoms with van der Waals surface area (Å²) < 4.78 is 51.2. The Hall–Kier alpha value is -5.30. The summed E-state index contributed by atoms with van der Waals surface area (Å²) >= 11 is 0. The molecule has 13 heteroatoms. The lowest BCUT2D eigenvalue weighted by Gasteiger charge is -2.19. The molecule has 0 fully saturated rings. The minimum atomic E-state index is -4.18. The lowest BCUT2D eigenvalue weighted by atomic mass is 10.1. The smallest absolute Gasteiger partial charge is 0.412 e. The van der Waals surface area contributed by atoms with Crippen LogP contribution >= 0.6 is 0 Å². The fourth-order valence-electron chi connectivity index (χ4n) is 3.61. The summed E-state index contributed by atoms with van der Waals surface area (Å²) in [4.78, 5) is 28.0. The van der Waals surface area contributed by atoms with Crippen molar-refractivity contribution in [1.29, 1.82) is 0 Å². The predicted octanol–water partition coefficient (Wildman–Crippen LogP) is 5.32. The summed E-state index contributed by atoms with van der Waals surface area (Å²) in [7, 11) is -2.75. The standard InChI is InChI=1S/C29H27N3O9S/c1-19-10-12-21(13-11-19)42(36,37)32-22-17-20(28(33)34)18-25(27(22)41-24-8-4-3-7-23(24)38-2)39-15-16-40-29(35)31-26-9-5-6-14-30-26/h3-14,17-18,32H,15-16H2,1-2H3,(H,33,34)(H,30,31,35). The second-order valence-electron chi connectivity index (χ2n) is 8.65. The van der Waals surface area contributed by atoms with Gasteiger partial charge in [-0.05, 0) is 55.5 Å². The second-order valence-corrected chi connectivity index (χ2v) is 10.3. The number of hydrogen-bond donors (Lipinski definition) is 3. The van der Waals surface area contributed by atoms with Gasteiger partial charge in [0, 0.05) is 6.20 Å². The molecule has 0 aliphatic rings. The molecule has 4 rings (SSSR count). The van der Waals surface area contributed by atoms with E-state index in [0.717, 1.165) is 11.6 Å². The quantitative estimate of drug-likeness (QED) is 0.183. The number of carboxylic acid groups (broad SMARTS) is 1. The number of aromatic nitrogens is 1. The Balaban J connectivity index is 1.64. The first-order valence-electron chi connectivity index (χ1n) is 12.5. The number of aromatic carboxylic acids is 1. The number of carboxylic acids is 1. The molecule has 218 valence electrons. The maximum atomic E-state index is 13.3. The van der Waals surface area contributed by atoms with Gasteiger partial charge in [-0.25, -0.2) is 23.0 Å². The highest BCUT2D eigenvalue weighted by Crippen LogP contribution is 2.43. The van der Waals surface area contributed by atoms with E-state index in [9.17, 15) is 23.1 Å². The number of sulfonamides is 1. The highest BCUT2D eigenvalue weighted by atomic mass is 32.2. The molecular formula is C29H27N3O9S. The normalized spacial score (nSPS) is 10.8. The largest absolute Gasteiger partial charge is 0.493 e. The molecule has 1 aromatic heterocycles. The van der Waals surface area contributed by atoms with E-state index in [1.807, 2.05) is 6.92 Å². The zero-order chi connectivity index (χ0) is 30.1. The van der Waals surface area contributed by atoms with E-state index in [2.05, 4.69) is 15.0 Å². The molecule has 0 aliphatic carbocycles. The van der Waals surface area contributed by atoms with Crippen molar-refractivity contribution in [2.45, 2.75) is 11.8 Å². The van der Waals surface area contributed by atoms with Crippen LogP contribution in [0.2, 0.25) is 0 Å². The summed E-state index contributed by atoms with van der Waals surface area (Å²) in [6.07, 6.45) is 0.718. The number of carbonyl (C=O) groups excluding carboxylic acids is 1. The highest BCUT2D eigenvalue weighted by molar-refractivity contribution is 7.92. The van der Waals surface area contributed by atoms with E-state index in [0.29, 0.717) is 5.75 Å². The first-order chi connectivity index (χ1) is 20.2. The number of ether oxygens (including phenoxy) is 4. The molecule has 1 heterocycles. The van der Waals surface area contributed by atoms with Crippen molar-refractivity contribution >= 4 is 33.6 Å². The Morgan fingerprint density at radius 1 is 0.905 bits per heavy atom. The summed E-state index contributed by atoms with van der Waals surface area (Å²) in [6, 6.07) is 19.9. The molecule has 0 atom stereocenters. The van der Waals surface area contributed by atoms with E-state index in [1.165, 1.54) is 31.5 Å². The van der Waals surface area contributed by atoms with Crippen molar-refractivity contribution in [2.75, 3.05) is 30.4 Å². The van der Waals surface area contributed by atoms with Crippen LogP contribution in [-0.4, -0.2) is 50.9 Å². The Bertz CT molecular complexity index is 1660. The number of amides is 1. The molecule has 4 aromatic rings. The van der Waals surface area contributed by atoms with Gasteiger partial charge >= 0.3 is 12.1 Å². The monoisotopic (exact) mass is 593 g/mol. The predicted molar refractivity (Wildman–Crippen MR) is 153 cm³/mol. The van der Waals surface area contributed by atoms with E-state index >= 15 is 0 Å². The third kappa shape index (κ3) is 7.67. The van der Waals surface area contributed by atoms with E-state index in [4.69, 9.17) is 18.9 Å². The molecule has 42 heavy (non-hydrogen) atoms. The van der Waals surface area contributed by atoms with Gasteiger partial charge < -0.3 is 24.1 Å². The molecule has 1 amide bonds. The van der Waals surface area contributed by atoms with Crippen molar-refractivity contribution in [1.82, 2.24) is 4.98 Å². The van der Waals surface area contributed by atoms with Crippen LogP contribution in [0, 0.1) is 6.92 Å². The van der Waals surface area contributed by atoms with E-state index < -0.39 is 22.1 Å². The minimum Gasteiger partial charge on any atom is -0.493 e. The van der Waals surface area contributed by atoms with Gasteiger partial charge in [0.2, 0.25) is 0 Å². The molecule has 0 radical (unpaired) electrons. The number of methoxy groups -OCH3 is 1. The van der Waals surface area contributed by atoms with Crippen molar-refractivity contribution < 1.29 is 42.1 Å². The Morgan fingerprint density at radius 3 is 2.29 bits per heavy atom. The van der Waals surface area contributed by atoms with Crippen LogP contribution in [0.15, 0.2) is 90.0 Å². The first kappa shape index (κ1) is 29.7. The fourth-order valence-corrected chi connectivity index (χ4v) is 4.66. The average Bonchev–Trinajstić information content (AvgIpc) is 2.97. The second kappa shape index (κ2) is 13.4. The fraction of sp³-hybridized carbons (Fsp3) is 0.138. The Kier molecular flexibility index (Phi) is 9.45. The number of nitrogens with zero attached hydrogens (tertiary/aromatic N) is 1. The van der Waals surface area contributed by atoms with Gasteiger partial charge in [-0.15, -0.1) is 0 Å². The van der Waals surface area contributed by atoms with Crippen LogP contribution in [0.4, 0.5) is 16.3 Å². The van der Waals surface area contributed by atoms with Crippen LogP contribution in [0.5, 0.6) is 23.0 Å². The summed E-state index contributed by atoms with van der Waals surface area (Å²) in [5, 5.41) is 12.2. The molecule has 3 N–H and O–H groups in total. The van der Waals surface area contributed by atoms with Crippen molar-refractivity contribution in [3.05, 3.63) is 96.2 Å². The lowest BCUT2D eigenvalue weighted by Crippen LogP contribution is -2.18. The zero-order valence-corrected chi connectivity index (χ0v) is 23.4. The van der Waals surface area contributed by atoms with Crippen LogP contribution in [0.25, 0.3) is 0 Å². The molecule has 3 aromatic carbocycles.